The molecule has 0 spiro atoms. The van der Waals surface area contributed by atoms with E-state index in [1.165, 1.54) is 0 Å². The van der Waals surface area contributed by atoms with Gasteiger partial charge in [0.2, 0.25) is 0 Å². The molecule has 2 N–H and O–H groups in total. The average Bonchev–Trinajstić information content (AvgIpc) is 3.33. The Bertz CT molecular complexity index is 1330. The van der Waals surface area contributed by atoms with Gasteiger partial charge in [0.15, 0.2) is 0 Å². The first-order chi connectivity index (χ1) is 15.0. The van der Waals surface area contributed by atoms with Gasteiger partial charge in [-0.3, -0.25) is 9.36 Å². The smallest absolute Gasteiger partial charge is 0.261 e. The van der Waals surface area contributed by atoms with E-state index in [1.807, 2.05) is 28.9 Å². The summed E-state index contributed by atoms with van der Waals surface area (Å²) in [4.78, 5) is 13.8. The van der Waals surface area contributed by atoms with Crippen molar-refractivity contribution in [2.75, 3.05) is 6.61 Å². The van der Waals surface area contributed by atoms with Gasteiger partial charge in [0, 0.05) is 23.7 Å². The van der Waals surface area contributed by atoms with E-state index in [0.717, 1.165) is 40.1 Å². The lowest BCUT2D eigenvalue weighted by atomic mass is 10.0. The highest BCUT2D eigenvalue weighted by molar-refractivity contribution is 5.77. The molecule has 4 aromatic rings. The van der Waals surface area contributed by atoms with E-state index in [0.29, 0.717) is 30.9 Å². The van der Waals surface area contributed by atoms with Gasteiger partial charge >= 0.3 is 0 Å². The van der Waals surface area contributed by atoms with Crippen LogP contribution in [0, 0.1) is 5.92 Å². The molecule has 0 radical (unpaired) electrons. The SMILES string of the molecule is CC(C)Cc1cnn2c3c(c(=O)n(-c4ccc5c(c4)nnn5CCO)c12)CC(C)NC3. The maximum Gasteiger partial charge on any atom is 0.261 e. The fraction of sp³-hybridized carbons (Fsp3) is 0.455. The quantitative estimate of drug-likeness (QED) is 0.506. The molecule has 1 aromatic carbocycles. The van der Waals surface area contributed by atoms with Crippen molar-refractivity contribution in [1.82, 2.24) is 34.5 Å². The summed E-state index contributed by atoms with van der Waals surface area (Å²) in [5.41, 5.74) is 5.89. The van der Waals surface area contributed by atoms with Crippen molar-refractivity contribution in [2.45, 2.75) is 52.7 Å². The highest BCUT2D eigenvalue weighted by Gasteiger charge is 2.26. The lowest BCUT2D eigenvalue weighted by molar-refractivity contribution is 0.270. The maximum absolute atomic E-state index is 13.8. The monoisotopic (exact) mass is 421 g/mol. The molecule has 0 saturated carbocycles. The van der Waals surface area contributed by atoms with Gasteiger partial charge in [0.25, 0.3) is 5.56 Å². The summed E-state index contributed by atoms with van der Waals surface area (Å²) < 4.78 is 5.38. The predicted octanol–water partition coefficient (Wildman–Crippen LogP) is 1.45. The number of fused-ring (bicyclic) bond motifs is 4. The lowest BCUT2D eigenvalue weighted by Crippen LogP contribution is -2.40. The van der Waals surface area contributed by atoms with Crippen molar-refractivity contribution < 1.29 is 5.11 Å². The standard InChI is InChI=1S/C22H27N7O2/c1-13(2)8-15-11-24-29-20-12-23-14(3)9-17(20)22(31)28(21(15)29)16-4-5-19-18(10-16)25-26-27(19)6-7-30/h4-5,10-11,13-14,23,30H,6-9,12H2,1-3H3. The van der Waals surface area contributed by atoms with E-state index in [4.69, 9.17) is 0 Å². The molecule has 31 heavy (non-hydrogen) atoms. The van der Waals surface area contributed by atoms with Crippen LogP contribution in [0.3, 0.4) is 0 Å². The molecule has 5 rings (SSSR count). The molecule has 0 amide bonds. The molecule has 0 aliphatic carbocycles. The Labute approximate surface area is 179 Å². The summed E-state index contributed by atoms with van der Waals surface area (Å²) >= 11 is 0. The largest absolute Gasteiger partial charge is 0.394 e. The summed E-state index contributed by atoms with van der Waals surface area (Å²) in [6.07, 6.45) is 3.39. The number of nitrogens with zero attached hydrogens (tertiary/aromatic N) is 6. The summed E-state index contributed by atoms with van der Waals surface area (Å²) in [6, 6.07) is 5.95. The Morgan fingerprint density at radius 1 is 1.32 bits per heavy atom. The van der Waals surface area contributed by atoms with Gasteiger partial charge < -0.3 is 10.4 Å². The predicted molar refractivity (Wildman–Crippen MR) is 118 cm³/mol. The van der Waals surface area contributed by atoms with Gasteiger partial charge in [0.05, 0.1) is 36.2 Å². The Morgan fingerprint density at radius 3 is 2.94 bits per heavy atom. The van der Waals surface area contributed by atoms with Crippen LogP contribution in [-0.2, 0) is 25.9 Å². The van der Waals surface area contributed by atoms with E-state index < -0.39 is 0 Å². The van der Waals surface area contributed by atoms with Gasteiger partial charge in [0.1, 0.15) is 11.2 Å². The normalized spacial score (nSPS) is 16.5. The number of hydrogen-bond donors (Lipinski definition) is 2. The van der Waals surface area contributed by atoms with Gasteiger partial charge in [-0.2, -0.15) is 5.10 Å². The molecule has 1 aliphatic rings. The number of aliphatic hydroxyl groups excluding tert-OH is 1. The van der Waals surface area contributed by atoms with Crippen LogP contribution in [0.5, 0.6) is 0 Å². The molecule has 3 aromatic heterocycles. The second-order valence-corrected chi connectivity index (χ2v) is 8.76. The van der Waals surface area contributed by atoms with Crippen molar-refractivity contribution in [3.05, 3.63) is 51.6 Å². The molecular formula is C22H27N7O2. The molecule has 162 valence electrons. The molecule has 1 atom stereocenters. The van der Waals surface area contributed by atoms with Gasteiger partial charge in [-0.1, -0.05) is 19.1 Å². The van der Waals surface area contributed by atoms with E-state index in [2.05, 4.69) is 41.5 Å². The van der Waals surface area contributed by atoms with Crippen molar-refractivity contribution in [3.63, 3.8) is 0 Å². The van der Waals surface area contributed by atoms with Gasteiger partial charge in [-0.25, -0.2) is 9.20 Å². The summed E-state index contributed by atoms with van der Waals surface area (Å²) in [6.45, 7) is 7.42. The fourth-order valence-electron chi connectivity index (χ4n) is 4.51. The Balaban J connectivity index is 1.79. The second kappa shape index (κ2) is 7.58. The molecular weight excluding hydrogens is 394 g/mol. The van der Waals surface area contributed by atoms with Crippen LogP contribution in [0.25, 0.3) is 22.4 Å². The van der Waals surface area contributed by atoms with Crippen LogP contribution in [0.15, 0.2) is 29.2 Å². The number of nitrogens with one attached hydrogen (secondary N) is 1. The van der Waals surface area contributed by atoms with E-state index in [-0.39, 0.29) is 18.2 Å². The number of rotatable bonds is 5. The molecule has 0 saturated heterocycles. The Kier molecular flexibility index (Phi) is 4.86. The minimum atomic E-state index is -0.00821. The molecule has 0 bridgehead atoms. The summed E-state index contributed by atoms with van der Waals surface area (Å²) in [7, 11) is 0. The first kappa shape index (κ1) is 19.9. The van der Waals surface area contributed by atoms with E-state index in [9.17, 15) is 9.90 Å². The highest BCUT2D eigenvalue weighted by Crippen LogP contribution is 2.24. The molecule has 9 nitrogen and oxygen atoms in total. The van der Waals surface area contributed by atoms with Crippen LogP contribution in [-0.4, -0.2) is 46.9 Å². The van der Waals surface area contributed by atoms with E-state index >= 15 is 0 Å². The van der Waals surface area contributed by atoms with E-state index in [1.54, 1.807) is 9.25 Å². The number of hydrogen-bond acceptors (Lipinski definition) is 6. The van der Waals surface area contributed by atoms with Gasteiger partial charge in [-0.15, -0.1) is 5.10 Å². The molecule has 1 aliphatic heterocycles. The third kappa shape index (κ3) is 3.24. The van der Waals surface area contributed by atoms with Crippen LogP contribution in [0.4, 0.5) is 0 Å². The zero-order chi connectivity index (χ0) is 21.7. The zero-order valence-electron chi connectivity index (χ0n) is 18.0. The summed E-state index contributed by atoms with van der Waals surface area (Å²) in [5, 5.41) is 25.8. The Hall–Kier alpha value is -3.04. The first-order valence-electron chi connectivity index (χ1n) is 10.8. The number of aliphatic hydroxyl groups is 1. The van der Waals surface area contributed by atoms with Crippen LogP contribution in [0.2, 0.25) is 0 Å². The van der Waals surface area contributed by atoms with Crippen LogP contribution >= 0.6 is 0 Å². The Morgan fingerprint density at radius 2 is 2.16 bits per heavy atom. The molecule has 4 heterocycles. The third-order valence-corrected chi connectivity index (χ3v) is 5.92. The molecule has 1 unspecified atom stereocenters. The molecule has 0 fully saturated rings. The van der Waals surface area contributed by atoms with Crippen molar-refractivity contribution in [3.8, 4) is 5.69 Å². The van der Waals surface area contributed by atoms with Crippen molar-refractivity contribution in [2.24, 2.45) is 5.92 Å². The topological polar surface area (TPSA) is 102 Å². The van der Waals surface area contributed by atoms with Crippen LogP contribution in [0.1, 0.15) is 37.6 Å². The first-order valence-corrected chi connectivity index (χ1v) is 10.8. The average molecular weight is 422 g/mol. The maximum atomic E-state index is 13.8. The number of aromatic nitrogens is 6. The summed E-state index contributed by atoms with van der Waals surface area (Å²) in [5.74, 6) is 0.437. The number of benzene rings is 1. The minimum Gasteiger partial charge on any atom is -0.394 e. The second-order valence-electron chi connectivity index (χ2n) is 8.76. The lowest BCUT2D eigenvalue weighted by Gasteiger charge is -2.25. The fourth-order valence-corrected chi connectivity index (χ4v) is 4.51. The third-order valence-electron chi connectivity index (χ3n) is 5.92. The zero-order valence-corrected chi connectivity index (χ0v) is 18.0. The molecule has 9 heteroatoms. The van der Waals surface area contributed by atoms with Gasteiger partial charge in [-0.05, 0) is 43.9 Å². The van der Waals surface area contributed by atoms with Crippen molar-refractivity contribution in [1.29, 1.82) is 0 Å². The minimum absolute atomic E-state index is 0.00320. The highest BCUT2D eigenvalue weighted by atomic mass is 16.3. The van der Waals surface area contributed by atoms with Crippen LogP contribution < -0.4 is 10.9 Å². The van der Waals surface area contributed by atoms with Crippen molar-refractivity contribution >= 4 is 16.7 Å².